The molecular weight excluding hydrogens is 333 g/mol. The smallest absolute Gasteiger partial charge is 0.419 e. The van der Waals surface area contributed by atoms with Gasteiger partial charge in [-0.3, -0.25) is 0 Å². The summed E-state index contributed by atoms with van der Waals surface area (Å²) in [7, 11) is 0. The monoisotopic (exact) mass is 343 g/mol. The number of carboxylic acid groups (broad SMARTS) is 1. The maximum atomic E-state index is 13.8. The highest BCUT2D eigenvalue weighted by Crippen LogP contribution is 2.34. The van der Waals surface area contributed by atoms with Crippen molar-refractivity contribution in [1.29, 1.82) is 0 Å². The fourth-order valence-corrected chi connectivity index (χ4v) is 2.03. The lowest BCUT2D eigenvalue weighted by molar-refractivity contribution is -0.140. The Labute approximate surface area is 132 Å². The number of nitrogens with two attached hydrogens (primary N) is 1. The van der Waals surface area contributed by atoms with E-state index in [-0.39, 0.29) is 22.4 Å². The van der Waals surface area contributed by atoms with Crippen LogP contribution in [0.4, 0.5) is 27.6 Å². The van der Waals surface area contributed by atoms with Gasteiger partial charge in [-0.05, 0) is 41.5 Å². The molecule has 0 saturated heterocycles. The maximum Gasteiger partial charge on any atom is 0.419 e. The molecule has 126 valence electrons. The molecule has 0 aliphatic carbocycles. The second-order valence-electron chi connectivity index (χ2n) is 4.82. The first-order valence-electron chi connectivity index (χ1n) is 6.46. The van der Waals surface area contributed by atoms with E-state index in [2.05, 4.69) is 0 Å². The molecule has 3 N–H and O–H groups in total. The SMILES string of the molecule is Nc1c(F)cc(-c2ccc(C(F)(F)F)c(F)c2)cc1C=CC(=O)O. The molecule has 0 atom stereocenters. The standard InChI is InChI=1S/C16H10F5NO2/c17-12-6-8(1-3-11(12)16(19,20)21)10-5-9(2-4-14(23)24)15(22)13(18)7-10/h1-7H,22H2,(H,23,24). The van der Waals surface area contributed by atoms with Gasteiger partial charge in [0.25, 0.3) is 0 Å². The minimum absolute atomic E-state index is 0.00714. The molecule has 0 aliphatic heterocycles. The minimum atomic E-state index is -4.84. The molecule has 0 aromatic heterocycles. The summed E-state index contributed by atoms with van der Waals surface area (Å²) in [4.78, 5) is 10.5. The van der Waals surface area contributed by atoms with Gasteiger partial charge in [-0.1, -0.05) is 6.07 Å². The third-order valence-electron chi connectivity index (χ3n) is 3.17. The number of benzene rings is 2. The first-order chi connectivity index (χ1) is 11.1. The van der Waals surface area contributed by atoms with Crippen LogP contribution >= 0.6 is 0 Å². The molecule has 0 unspecified atom stereocenters. The van der Waals surface area contributed by atoms with E-state index in [0.717, 1.165) is 24.3 Å². The Morgan fingerprint density at radius 2 is 1.67 bits per heavy atom. The molecule has 0 amide bonds. The third-order valence-corrected chi connectivity index (χ3v) is 3.17. The van der Waals surface area contributed by atoms with E-state index in [9.17, 15) is 26.7 Å². The first kappa shape index (κ1) is 17.5. The molecular formula is C16H10F5NO2. The van der Waals surface area contributed by atoms with E-state index in [1.165, 1.54) is 6.07 Å². The van der Waals surface area contributed by atoms with Gasteiger partial charge in [-0.2, -0.15) is 13.2 Å². The summed E-state index contributed by atoms with van der Waals surface area (Å²) in [5.41, 5.74) is 3.77. The molecule has 2 aromatic rings. The topological polar surface area (TPSA) is 63.3 Å². The number of carbonyl (C=O) groups is 1. The molecule has 0 heterocycles. The van der Waals surface area contributed by atoms with Crippen molar-refractivity contribution < 1.29 is 31.9 Å². The van der Waals surface area contributed by atoms with Gasteiger partial charge < -0.3 is 10.8 Å². The Kier molecular flexibility index (Phi) is 4.59. The fraction of sp³-hybridized carbons (Fsp3) is 0.0625. The lowest BCUT2D eigenvalue weighted by Crippen LogP contribution is -2.07. The van der Waals surface area contributed by atoms with Gasteiger partial charge in [0.15, 0.2) is 0 Å². The molecule has 0 aliphatic rings. The van der Waals surface area contributed by atoms with Crippen LogP contribution in [-0.2, 0) is 11.0 Å². The highest BCUT2D eigenvalue weighted by Gasteiger charge is 2.33. The summed E-state index contributed by atoms with van der Waals surface area (Å²) in [5, 5.41) is 8.59. The molecule has 8 heteroatoms. The van der Waals surface area contributed by atoms with Crippen molar-refractivity contribution in [2.24, 2.45) is 0 Å². The molecule has 2 rings (SSSR count). The van der Waals surface area contributed by atoms with Crippen LogP contribution in [0.5, 0.6) is 0 Å². The molecule has 0 radical (unpaired) electrons. The van der Waals surface area contributed by atoms with Gasteiger partial charge in [-0.25, -0.2) is 13.6 Å². The number of rotatable bonds is 3. The lowest BCUT2D eigenvalue weighted by Gasteiger charge is -2.11. The zero-order chi connectivity index (χ0) is 18.1. The normalized spacial score (nSPS) is 11.9. The number of nitrogen functional groups attached to an aromatic ring is 1. The number of carboxylic acids is 1. The van der Waals surface area contributed by atoms with Crippen molar-refractivity contribution in [2.45, 2.75) is 6.18 Å². The predicted molar refractivity (Wildman–Crippen MR) is 77.9 cm³/mol. The van der Waals surface area contributed by atoms with Gasteiger partial charge in [0.1, 0.15) is 11.6 Å². The zero-order valence-electron chi connectivity index (χ0n) is 11.9. The Bertz CT molecular complexity index is 828. The van der Waals surface area contributed by atoms with E-state index in [1.807, 2.05) is 0 Å². The largest absolute Gasteiger partial charge is 0.478 e. The molecule has 3 nitrogen and oxygen atoms in total. The number of hydrogen-bond acceptors (Lipinski definition) is 2. The van der Waals surface area contributed by atoms with Crippen LogP contribution < -0.4 is 5.73 Å². The van der Waals surface area contributed by atoms with E-state index in [1.54, 1.807) is 0 Å². The summed E-state index contributed by atoms with van der Waals surface area (Å²) in [5.74, 6) is -3.70. The Morgan fingerprint density at radius 3 is 2.21 bits per heavy atom. The van der Waals surface area contributed by atoms with Crippen LogP contribution in [0.3, 0.4) is 0 Å². The van der Waals surface area contributed by atoms with Crippen molar-refractivity contribution in [1.82, 2.24) is 0 Å². The Balaban J connectivity index is 2.53. The van der Waals surface area contributed by atoms with Crippen LogP contribution in [0.25, 0.3) is 17.2 Å². The fourth-order valence-electron chi connectivity index (χ4n) is 2.03. The quantitative estimate of drug-likeness (QED) is 0.495. The van der Waals surface area contributed by atoms with Crippen LogP contribution in [0.15, 0.2) is 36.4 Å². The first-order valence-corrected chi connectivity index (χ1v) is 6.46. The number of anilines is 1. The van der Waals surface area contributed by atoms with Crippen molar-refractivity contribution >= 4 is 17.7 Å². The number of alkyl halides is 3. The van der Waals surface area contributed by atoms with Gasteiger partial charge in [0.2, 0.25) is 0 Å². The molecule has 0 saturated carbocycles. The van der Waals surface area contributed by atoms with Crippen molar-refractivity contribution in [3.8, 4) is 11.1 Å². The van der Waals surface area contributed by atoms with Crippen molar-refractivity contribution in [3.05, 3.63) is 59.2 Å². The Hall–Kier alpha value is -2.90. The summed E-state index contributed by atoms with van der Waals surface area (Å²) in [6.45, 7) is 0. The van der Waals surface area contributed by atoms with Gasteiger partial charge in [0.05, 0.1) is 11.3 Å². The molecule has 2 aromatic carbocycles. The van der Waals surface area contributed by atoms with Crippen LogP contribution in [-0.4, -0.2) is 11.1 Å². The number of hydrogen-bond donors (Lipinski definition) is 2. The highest BCUT2D eigenvalue weighted by molar-refractivity contribution is 5.87. The summed E-state index contributed by atoms with van der Waals surface area (Å²) in [6, 6.07) is 4.33. The second kappa shape index (κ2) is 6.31. The van der Waals surface area contributed by atoms with Gasteiger partial charge in [-0.15, -0.1) is 0 Å². The maximum absolute atomic E-state index is 13.8. The van der Waals surface area contributed by atoms with Crippen LogP contribution in [0.2, 0.25) is 0 Å². The van der Waals surface area contributed by atoms with Crippen molar-refractivity contribution in [2.75, 3.05) is 5.73 Å². The number of aliphatic carboxylic acids is 1. The zero-order valence-corrected chi connectivity index (χ0v) is 11.9. The van der Waals surface area contributed by atoms with Crippen LogP contribution in [0, 0.1) is 11.6 Å². The predicted octanol–water partition coefficient (Wildman–Crippen LogP) is 4.33. The molecule has 24 heavy (non-hydrogen) atoms. The van der Waals surface area contributed by atoms with Gasteiger partial charge in [0, 0.05) is 11.6 Å². The average molecular weight is 343 g/mol. The average Bonchev–Trinajstić information content (AvgIpc) is 2.47. The summed E-state index contributed by atoms with van der Waals surface area (Å²) >= 11 is 0. The lowest BCUT2D eigenvalue weighted by atomic mass is 9.99. The van der Waals surface area contributed by atoms with Crippen LogP contribution in [0.1, 0.15) is 11.1 Å². The molecule has 0 bridgehead atoms. The van der Waals surface area contributed by atoms with E-state index in [0.29, 0.717) is 12.1 Å². The highest BCUT2D eigenvalue weighted by atomic mass is 19.4. The molecule has 0 spiro atoms. The van der Waals surface area contributed by atoms with E-state index < -0.39 is 29.3 Å². The third kappa shape index (κ3) is 3.70. The summed E-state index contributed by atoms with van der Waals surface area (Å²) < 4.78 is 65.2. The van der Waals surface area contributed by atoms with Crippen molar-refractivity contribution in [3.63, 3.8) is 0 Å². The number of halogens is 5. The van der Waals surface area contributed by atoms with E-state index in [4.69, 9.17) is 10.8 Å². The van der Waals surface area contributed by atoms with Gasteiger partial charge >= 0.3 is 12.1 Å². The van der Waals surface area contributed by atoms with E-state index >= 15 is 0 Å². The Morgan fingerprint density at radius 1 is 1.04 bits per heavy atom. The molecule has 0 fully saturated rings. The summed E-state index contributed by atoms with van der Waals surface area (Å²) in [6.07, 6.45) is -3.09. The minimum Gasteiger partial charge on any atom is -0.478 e. The second-order valence-corrected chi connectivity index (χ2v) is 4.82.